The Bertz CT molecular complexity index is 677. The molecule has 10 heteroatoms. The molecule has 2 heterocycles. The first-order valence-corrected chi connectivity index (χ1v) is 5.27. The van der Waals surface area contributed by atoms with Gasteiger partial charge >= 0.3 is 5.97 Å². The lowest BCUT2D eigenvalue weighted by molar-refractivity contribution is -0.141. The fourth-order valence-electron chi connectivity index (χ4n) is 1.58. The van der Waals surface area contributed by atoms with E-state index in [-0.39, 0.29) is 23.7 Å². The highest BCUT2D eigenvalue weighted by Crippen LogP contribution is 2.08. The first-order valence-electron chi connectivity index (χ1n) is 5.27. The van der Waals surface area contributed by atoms with Gasteiger partial charge in [-0.25, -0.2) is 4.98 Å². The van der Waals surface area contributed by atoms with Crippen molar-refractivity contribution in [2.24, 2.45) is 5.73 Å². The van der Waals surface area contributed by atoms with E-state index in [1.807, 2.05) is 0 Å². The molecular weight excluding hydrogens is 256 g/mol. The molecule has 0 aliphatic rings. The smallest absolute Gasteiger partial charge is 0.323 e. The fraction of sp³-hybridized carbons (Fsp3) is 0.333. The van der Waals surface area contributed by atoms with Gasteiger partial charge in [0.2, 0.25) is 5.95 Å². The molecule has 19 heavy (non-hydrogen) atoms. The van der Waals surface area contributed by atoms with Gasteiger partial charge in [-0.2, -0.15) is 4.98 Å². The Balaban J connectivity index is 2.36. The lowest BCUT2D eigenvalue weighted by Crippen LogP contribution is -2.43. The summed E-state index contributed by atoms with van der Waals surface area (Å²) in [5.41, 5.74) is 10.4. The number of nitrogens with zero attached hydrogens (tertiary/aromatic N) is 3. The van der Waals surface area contributed by atoms with Gasteiger partial charge in [0.1, 0.15) is 6.04 Å². The second-order valence-electron chi connectivity index (χ2n) is 3.95. The number of aliphatic hydroxyl groups excluding tert-OH is 1. The minimum atomic E-state index is -1.45. The molecule has 10 nitrogen and oxygen atoms in total. The summed E-state index contributed by atoms with van der Waals surface area (Å²) in [6, 6.07) is -1.45. The summed E-state index contributed by atoms with van der Waals surface area (Å²) in [4.78, 5) is 32.1. The van der Waals surface area contributed by atoms with E-state index in [4.69, 9.17) is 16.6 Å². The summed E-state index contributed by atoms with van der Waals surface area (Å²) in [7, 11) is 0. The van der Waals surface area contributed by atoms with E-state index in [0.29, 0.717) is 0 Å². The molecular formula is C9H12N6O4. The zero-order valence-electron chi connectivity index (χ0n) is 9.65. The van der Waals surface area contributed by atoms with E-state index in [9.17, 15) is 14.7 Å². The maximum atomic E-state index is 11.5. The molecule has 0 spiro atoms. The minimum Gasteiger partial charge on any atom is -0.480 e. The van der Waals surface area contributed by atoms with Crippen LogP contribution in [0.1, 0.15) is 0 Å². The second-order valence-corrected chi connectivity index (χ2v) is 3.95. The second kappa shape index (κ2) is 4.66. The van der Waals surface area contributed by atoms with Crippen LogP contribution in [0, 0.1) is 0 Å². The van der Waals surface area contributed by atoms with E-state index in [2.05, 4.69) is 15.0 Å². The molecule has 102 valence electrons. The number of fused-ring (bicyclic) bond motifs is 1. The Hall–Kier alpha value is -2.46. The van der Waals surface area contributed by atoms with Crippen LogP contribution < -0.4 is 17.0 Å². The van der Waals surface area contributed by atoms with Crippen LogP contribution in [-0.4, -0.2) is 47.8 Å². The van der Waals surface area contributed by atoms with Crippen LogP contribution >= 0.6 is 0 Å². The van der Waals surface area contributed by atoms with Crippen molar-refractivity contribution in [3.63, 3.8) is 0 Å². The topological polar surface area (TPSA) is 173 Å². The Labute approximate surface area is 105 Å². The zero-order valence-corrected chi connectivity index (χ0v) is 9.65. The highest BCUT2D eigenvalue weighted by Gasteiger charge is 2.23. The number of anilines is 1. The van der Waals surface area contributed by atoms with Crippen LogP contribution in [-0.2, 0) is 11.3 Å². The number of aliphatic hydroxyl groups is 1. The number of nitrogen functional groups attached to an aromatic ring is 1. The molecule has 2 atom stereocenters. The normalized spacial score (nSPS) is 14.4. The Kier molecular flexibility index (Phi) is 3.19. The van der Waals surface area contributed by atoms with Crippen molar-refractivity contribution >= 4 is 23.1 Å². The summed E-state index contributed by atoms with van der Waals surface area (Å²) in [5, 5.41) is 18.3. The van der Waals surface area contributed by atoms with Crippen molar-refractivity contribution < 1.29 is 15.0 Å². The SMILES string of the molecule is Nc1nc2c(ncn2C[C@@H](O)[C@H](N)C(=O)O)c(=O)[nH]1. The number of hydrogen-bond donors (Lipinski definition) is 5. The van der Waals surface area contributed by atoms with Crippen LogP contribution in [0.4, 0.5) is 5.95 Å². The van der Waals surface area contributed by atoms with Crippen LogP contribution in [0.2, 0.25) is 0 Å². The van der Waals surface area contributed by atoms with Gasteiger partial charge in [-0.3, -0.25) is 14.6 Å². The molecule has 2 rings (SSSR count). The fourth-order valence-corrected chi connectivity index (χ4v) is 1.58. The zero-order chi connectivity index (χ0) is 14.2. The highest BCUT2D eigenvalue weighted by molar-refractivity contribution is 5.74. The predicted molar refractivity (Wildman–Crippen MR) is 64.2 cm³/mol. The molecule has 0 aliphatic heterocycles. The standard InChI is InChI=1S/C9H12N6O4/c10-4(8(18)19)3(16)1-15-2-12-5-6(15)13-9(11)14-7(5)17/h2-4,16H,1,10H2,(H,18,19)(H3,11,13,14,17)/t3-,4+/m1/s1. The number of carbonyl (C=O) groups is 1. The number of carboxylic acid groups (broad SMARTS) is 1. The van der Waals surface area contributed by atoms with Gasteiger partial charge in [-0.15, -0.1) is 0 Å². The number of aromatic nitrogens is 4. The summed E-state index contributed by atoms with van der Waals surface area (Å²) in [6.07, 6.45) is -0.0957. The van der Waals surface area contributed by atoms with E-state index in [1.165, 1.54) is 10.9 Å². The maximum Gasteiger partial charge on any atom is 0.323 e. The molecule has 0 unspecified atom stereocenters. The number of nitrogens with two attached hydrogens (primary N) is 2. The van der Waals surface area contributed by atoms with Crippen molar-refractivity contribution in [2.75, 3.05) is 5.73 Å². The summed E-state index contributed by atoms with van der Waals surface area (Å²) < 4.78 is 1.31. The average molecular weight is 268 g/mol. The van der Waals surface area contributed by atoms with Crippen LogP contribution in [0.15, 0.2) is 11.1 Å². The van der Waals surface area contributed by atoms with Gasteiger partial charge in [-0.05, 0) is 0 Å². The van der Waals surface area contributed by atoms with Crippen LogP contribution in [0.3, 0.4) is 0 Å². The molecule has 2 aromatic rings. The third kappa shape index (κ3) is 2.39. The summed E-state index contributed by atoms with van der Waals surface area (Å²) >= 11 is 0. The number of imidazole rings is 1. The Morgan fingerprint density at radius 2 is 2.26 bits per heavy atom. The number of H-pyrrole nitrogens is 1. The van der Waals surface area contributed by atoms with Crippen molar-refractivity contribution in [2.45, 2.75) is 18.7 Å². The molecule has 0 aromatic carbocycles. The van der Waals surface area contributed by atoms with Crippen molar-refractivity contribution in [1.29, 1.82) is 0 Å². The van der Waals surface area contributed by atoms with E-state index < -0.39 is 23.7 Å². The van der Waals surface area contributed by atoms with Gasteiger partial charge in [0.25, 0.3) is 5.56 Å². The van der Waals surface area contributed by atoms with Gasteiger partial charge in [-0.1, -0.05) is 0 Å². The molecule has 0 bridgehead atoms. The lowest BCUT2D eigenvalue weighted by Gasteiger charge is -2.15. The molecule has 2 aromatic heterocycles. The maximum absolute atomic E-state index is 11.5. The predicted octanol–water partition coefficient (Wildman–Crippen LogP) is -2.53. The van der Waals surface area contributed by atoms with Crippen molar-refractivity contribution in [1.82, 2.24) is 19.5 Å². The molecule has 0 fully saturated rings. The first-order chi connectivity index (χ1) is 8.90. The number of aliphatic carboxylic acids is 1. The molecule has 0 saturated heterocycles. The largest absolute Gasteiger partial charge is 0.480 e. The Morgan fingerprint density at radius 3 is 2.89 bits per heavy atom. The van der Waals surface area contributed by atoms with Crippen molar-refractivity contribution in [3.05, 3.63) is 16.7 Å². The molecule has 0 aliphatic carbocycles. The molecule has 7 N–H and O–H groups in total. The summed E-state index contributed by atoms with van der Waals surface area (Å²) in [5.74, 6) is -1.43. The van der Waals surface area contributed by atoms with Gasteiger partial charge < -0.3 is 26.2 Å². The van der Waals surface area contributed by atoms with E-state index >= 15 is 0 Å². The van der Waals surface area contributed by atoms with E-state index in [1.54, 1.807) is 0 Å². The third-order valence-electron chi connectivity index (χ3n) is 2.58. The number of hydrogen-bond acceptors (Lipinski definition) is 7. The van der Waals surface area contributed by atoms with Gasteiger partial charge in [0.05, 0.1) is 19.0 Å². The summed E-state index contributed by atoms with van der Waals surface area (Å²) in [6.45, 7) is -0.167. The minimum absolute atomic E-state index is 0.0466. The number of aromatic amines is 1. The Morgan fingerprint density at radius 1 is 1.58 bits per heavy atom. The van der Waals surface area contributed by atoms with Gasteiger partial charge in [0, 0.05) is 0 Å². The van der Waals surface area contributed by atoms with E-state index in [0.717, 1.165) is 0 Å². The van der Waals surface area contributed by atoms with Crippen LogP contribution in [0.5, 0.6) is 0 Å². The lowest BCUT2D eigenvalue weighted by atomic mass is 10.2. The van der Waals surface area contributed by atoms with Crippen LogP contribution in [0.25, 0.3) is 11.2 Å². The first kappa shape index (κ1) is 13.0. The number of nitrogens with one attached hydrogen (secondary N) is 1. The number of rotatable bonds is 4. The average Bonchev–Trinajstić information content (AvgIpc) is 2.71. The monoisotopic (exact) mass is 268 g/mol. The van der Waals surface area contributed by atoms with Gasteiger partial charge in [0.15, 0.2) is 11.2 Å². The molecule has 0 amide bonds. The van der Waals surface area contributed by atoms with Crippen molar-refractivity contribution in [3.8, 4) is 0 Å². The quantitative estimate of drug-likeness (QED) is 0.403. The number of carboxylic acids is 1. The third-order valence-corrected chi connectivity index (χ3v) is 2.58. The molecule has 0 saturated carbocycles. The molecule has 0 radical (unpaired) electrons. The highest BCUT2D eigenvalue weighted by atomic mass is 16.4.